The monoisotopic (exact) mass is 528 g/mol. The first-order chi connectivity index (χ1) is 18.2. The van der Waals surface area contributed by atoms with Crippen molar-refractivity contribution in [1.82, 2.24) is 0 Å². The standard InChI is InChI=1S/C36H48O3/c1-22-13-16-32(3)19-20-34(5)25(29(32)23(22)2)21-26(37)30-33(4)17-15-28(38)36(7,27(33)14-18-35(30,34)6)31(39)24-11-9-8-10-12-24/h8-12,21-23,27,29-30H,13-20H2,1-7H3/t22-,23+,27-,29+,30-,32-,33+,34-,35-,36?/m1/s1. The minimum absolute atomic E-state index is 0.0314. The third-order valence-electron chi connectivity index (χ3n) is 14.1. The molecule has 0 aromatic heterocycles. The highest BCUT2D eigenvalue weighted by molar-refractivity contribution is 6.15. The van der Waals surface area contributed by atoms with Gasteiger partial charge in [-0.2, -0.15) is 0 Å². The molecule has 0 aliphatic heterocycles. The summed E-state index contributed by atoms with van der Waals surface area (Å²) in [5, 5.41) is 0. The van der Waals surface area contributed by atoms with Gasteiger partial charge in [-0.05, 0) is 103 Å². The first kappa shape index (κ1) is 27.2. The van der Waals surface area contributed by atoms with Crippen LogP contribution in [0.3, 0.4) is 0 Å². The molecule has 210 valence electrons. The topological polar surface area (TPSA) is 51.2 Å². The summed E-state index contributed by atoms with van der Waals surface area (Å²) in [7, 11) is 0. The number of Topliss-reactive ketones (excluding diaryl/α,β-unsaturated/α-hetero) is 2. The van der Waals surface area contributed by atoms with Crippen LogP contribution in [0.2, 0.25) is 0 Å². The lowest BCUT2D eigenvalue weighted by Crippen LogP contribution is -2.67. The number of carbonyl (C=O) groups excluding carboxylic acids is 3. The molecule has 39 heavy (non-hydrogen) atoms. The predicted octanol–water partition coefficient (Wildman–Crippen LogP) is 8.28. The average molecular weight is 529 g/mol. The van der Waals surface area contributed by atoms with Gasteiger partial charge < -0.3 is 0 Å². The fourth-order valence-corrected chi connectivity index (χ4v) is 11.4. The quantitative estimate of drug-likeness (QED) is 0.287. The lowest BCUT2D eigenvalue weighted by molar-refractivity contribution is -0.185. The van der Waals surface area contributed by atoms with Crippen molar-refractivity contribution < 1.29 is 14.4 Å². The van der Waals surface area contributed by atoms with Crippen LogP contribution >= 0.6 is 0 Å². The van der Waals surface area contributed by atoms with Crippen LogP contribution in [0.4, 0.5) is 0 Å². The summed E-state index contributed by atoms with van der Waals surface area (Å²) < 4.78 is 0. The smallest absolute Gasteiger partial charge is 0.176 e. The van der Waals surface area contributed by atoms with Gasteiger partial charge in [-0.1, -0.05) is 77.4 Å². The maximum absolute atomic E-state index is 14.5. The van der Waals surface area contributed by atoms with E-state index in [4.69, 9.17) is 0 Å². The second-order valence-corrected chi connectivity index (χ2v) is 15.6. The number of carbonyl (C=O) groups is 3. The molecule has 0 bridgehead atoms. The van der Waals surface area contributed by atoms with Crippen LogP contribution in [0.25, 0.3) is 0 Å². The fraction of sp³-hybridized carbons (Fsp3) is 0.694. The lowest BCUT2D eigenvalue weighted by atomic mass is 9.33. The van der Waals surface area contributed by atoms with E-state index in [0.717, 1.165) is 19.3 Å². The Balaban J connectivity index is 1.46. The van der Waals surface area contributed by atoms with E-state index in [0.29, 0.717) is 36.2 Å². The number of rotatable bonds is 2. The van der Waals surface area contributed by atoms with Crippen molar-refractivity contribution in [3.63, 3.8) is 0 Å². The lowest BCUT2D eigenvalue weighted by Gasteiger charge is -2.70. The summed E-state index contributed by atoms with van der Waals surface area (Å²) in [5.41, 5.74) is 0.667. The molecule has 0 heterocycles. The third-order valence-corrected chi connectivity index (χ3v) is 14.1. The van der Waals surface area contributed by atoms with Crippen molar-refractivity contribution in [3.05, 3.63) is 47.5 Å². The highest BCUT2D eigenvalue weighted by Crippen LogP contribution is 2.75. The minimum atomic E-state index is -1.08. The first-order valence-corrected chi connectivity index (χ1v) is 15.6. The Hall–Kier alpha value is -2.03. The fourth-order valence-electron chi connectivity index (χ4n) is 11.4. The summed E-state index contributed by atoms with van der Waals surface area (Å²) in [6.45, 7) is 16.4. The molecular formula is C36H48O3. The van der Waals surface area contributed by atoms with E-state index < -0.39 is 5.41 Å². The van der Waals surface area contributed by atoms with Gasteiger partial charge in [-0.15, -0.1) is 0 Å². The van der Waals surface area contributed by atoms with E-state index in [9.17, 15) is 14.4 Å². The number of benzene rings is 1. The van der Waals surface area contributed by atoms with E-state index in [1.807, 2.05) is 37.3 Å². The van der Waals surface area contributed by atoms with Crippen LogP contribution in [0, 0.1) is 56.7 Å². The van der Waals surface area contributed by atoms with Crippen LogP contribution in [-0.4, -0.2) is 17.3 Å². The Bertz CT molecular complexity index is 1260. The molecule has 0 saturated heterocycles. The Morgan fingerprint density at radius 3 is 2.23 bits per heavy atom. The first-order valence-electron chi connectivity index (χ1n) is 15.6. The molecular weight excluding hydrogens is 480 g/mol. The van der Waals surface area contributed by atoms with Gasteiger partial charge in [-0.3, -0.25) is 14.4 Å². The highest BCUT2D eigenvalue weighted by Gasteiger charge is 2.71. The number of fused-ring (bicyclic) bond motifs is 7. The van der Waals surface area contributed by atoms with E-state index in [-0.39, 0.29) is 50.8 Å². The van der Waals surface area contributed by atoms with Crippen molar-refractivity contribution >= 4 is 17.3 Å². The molecule has 6 rings (SSSR count). The second kappa shape index (κ2) is 8.49. The normalized spacial score (nSPS) is 49.2. The van der Waals surface area contributed by atoms with Crippen LogP contribution in [0.15, 0.2) is 42.0 Å². The molecule has 3 nitrogen and oxygen atoms in total. The molecule has 1 aromatic rings. The Labute approximate surface area is 235 Å². The molecule has 5 aliphatic rings. The maximum atomic E-state index is 14.5. The summed E-state index contributed by atoms with van der Waals surface area (Å²) in [6, 6.07) is 9.35. The number of hydrogen-bond acceptors (Lipinski definition) is 3. The van der Waals surface area contributed by atoms with Crippen LogP contribution in [-0.2, 0) is 9.59 Å². The number of hydrogen-bond donors (Lipinski definition) is 0. The Morgan fingerprint density at radius 2 is 1.54 bits per heavy atom. The molecule has 1 aromatic carbocycles. The van der Waals surface area contributed by atoms with Gasteiger partial charge in [0.1, 0.15) is 5.78 Å². The van der Waals surface area contributed by atoms with E-state index in [1.165, 1.54) is 24.8 Å². The molecule has 0 spiro atoms. The van der Waals surface area contributed by atoms with Gasteiger partial charge in [0, 0.05) is 17.9 Å². The van der Waals surface area contributed by atoms with Gasteiger partial charge >= 0.3 is 0 Å². The summed E-state index contributed by atoms with van der Waals surface area (Å²) >= 11 is 0. The largest absolute Gasteiger partial charge is 0.299 e. The number of allylic oxidation sites excluding steroid dienone is 2. The molecule has 1 unspecified atom stereocenters. The Kier molecular flexibility index (Phi) is 5.91. The summed E-state index contributed by atoms with van der Waals surface area (Å²) in [6.07, 6.45) is 9.82. The maximum Gasteiger partial charge on any atom is 0.176 e. The van der Waals surface area contributed by atoms with Gasteiger partial charge in [0.2, 0.25) is 0 Å². The van der Waals surface area contributed by atoms with Crippen LogP contribution in [0.5, 0.6) is 0 Å². The zero-order valence-electron chi connectivity index (χ0n) is 25.2. The van der Waals surface area contributed by atoms with Gasteiger partial charge in [-0.25, -0.2) is 0 Å². The molecule has 0 N–H and O–H groups in total. The molecule has 5 aliphatic carbocycles. The van der Waals surface area contributed by atoms with Crippen LogP contribution in [0.1, 0.15) is 110 Å². The molecule has 10 atom stereocenters. The van der Waals surface area contributed by atoms with Crippen molar-refractivity contribution in [1.29, 1.82) is 0 Å². The van der Waals surface area contributed by atoms with E-state index >= 15 is 0 Å². The zero-order chi connectivity index (χ0) is 28.2. The summed E-state index contributed by atoms with van der Waals surface area (Å²) in [4.78, 5) is 42.3. The molecule has 0 radical (unpaired) electrons. The van der Waals surface area contributed by atoms with Crippen LogP contribution < -0.4 is 0 Å². The Morgan fingerprint density at radius 1 is 0.846 bits per heavy atom. The molecule has 4 saturated carbocycles. The van der Waals surface area contributed by atoms with Crippen molar-refractivity contribution in [2.45, 2.75) is 99.8 Å². The van der Waals surface area contributed by atoms with Gasteiger partial charge in [0.05, 0.1) is 5.41 Å². The van der Waals surface area contributed by atoms with Crippen molar-refractivity contribution in [2.75, 3.05) is 0 Å². The number of ketones is 3. The second-order valence-electron chi connectivity index (χ2n) is 15.6. The summed E-state index contributed by atoms with van der Waals surface area (Å²) in [5.74, 6) is 1.71. The minimum Gasteiger partial charge on any atom is -0.299 e. The zero-order valence-corrected chi connectivity index (χ0v) is 25.2. The van der Waals surface area contributed by atoms with Gasteiger partial charge in [0.25, 0.3) is 0 Å². The van der Waals surface area contributed by atoms with E-state index in [2.05, 4.69) is 47.6 Å². The third kappa shape index (κ3) is 3.31. The molecule has 0 amide bonds. The highest BCUT2D eigenvalue weighted by atomic mass is 16.2. The predicted molar refractivity (Wildman–Crippen MR) is 155 cm³/mol. The van der Waals surface area contributed by atoms with Gasteiger partial charge in [0.15, 0.2) is 11.6 Å². The van der Waals surface area contributed by atoms with Crippen molar-refractivity contribution in [3.8, 4) is 0 Å². The molecule has 3 heteroatoms. The SMILES string of the molecule is C[C@H]1[C@H](C)CC[C@]2(C)CC[C@]3(C)C(=CC(=O)[C@@H]4[C@@]5(C)CCC(=O)C(C)(C(=O)c6ccccc6)[C@@H]5CC[C@]43C)[C@H]12. The molecule has 4 fully saturated rings. The average Bonchev–Trinajstić information content (AvgIpc) is 2.90. The van der Waals surface area contributed by atoms with Crippen molar-refractivity contribution in [2.24, 2.45) is 56.7 Å². The van der Waals surface area contributed by atoms with E-state index in [1.54, 1.807) is 0 Å².